The van der Waals surface area contributed by atoms with Gasteiger partial charge in [0.2, 0.25) is 35.4 Å². The number of aliphatic hydroxyl groups is 2. The fourth-order valence-corrected chi connectivity index (χ4v) is 20.0. The minimum absolute atomic E-state index is 0. The molecule has 7 heterocycles. The highest BCUT2D eigenvalue weighted by molar-refractivity contribution is 7.07. The zero-order valence-electron chi connectivity index (χ0n) is 105. The number of thiazole rings is 1. The summed E-state index contributed by atoms with van der Waals surface area (Å²) < 4.78 is 0. The molecule has 7 unspecified atom stereocenters. The van der Waals surface area contributed by atoms with E-state index in [9.17, 15) is 43.8 Å². The molecule has 7 atom stereocenters. The molecule has 0 aromatic carbocycles. The summed E-state index contributed by atoms with van der Waals surface area (Å²) in [5, 5.41) is 45.8. The summed E-state index contributed by atoms with van der Waals surface area (Å²) in [5.74, 6) is 2.84. The number of rotatable bonds is 42. The van der Waals surface area contributed by atoms with Crippen LogP contribution in [-0.4, -0.2) is 245 Å². The van der Waals surface area contributed by atoms with Gasteiger partial charge in [0.05, 0.1) is 61.0 Å². The van der Waals surface area contributed by atoms with Gasteiger partial charge in [-0.25, -0.2) is 0 Å². The molecule has 6 fully saturated rings. The number of H-pyrrole nitrogens is 1. The fourth-order valence-electron chi connectivity index (χ4n) is 19.3. The van der Waals surface area contributed by atoms with Gasteiger partial charge < -0.3 is 81.8 Å². The van der Waals surface area contributed by atoms with Crippen molar-refractivity contribution in [2.24, 2.45) is 55.2 Å². The Hall–Kier alpha value is -4.11. The summed E-state index contributed by atoms with van der Waals surface area (Å²) in [5.41, 5.74) is 3.16. The molecular weight excluding hydrogens is 1860 g/mol. The average Bonchev–Trinajstić information content (AvgIpc) is 0.815. The summed E-state index contributed by atoms with van der Waals surface area (Å²) in [6.45, 7) is 112. The van der Waals surface area contributed by atoms with Gasteiger partial charge in [0.15, 0.2) is 0 Å². The van der Waals surface area contributed by atoms with Crippen molar-refractivity contribution >= 4 is 46.8 Å². The lowest BCUT2D eigenvalue weighted by Crippen LogP contribution is -2.65. The molecule has 148 heavy (non-hydrogen) atoms. The summed E-state index contributed by atoms with van der Waals surface area (Å²) >= 11 is 1.25. The molecule has 0 radical (unpaired) electrons. The predicted octanol–water partition coefficient (Wildman–Crippen LogP) is 26.1. The van der Waals surface area contributed by atoms with Crippen LogP contribution in [0.5, 0.6) is 0 Å². The number of hydrogen-bond donors (Lipinski definition) is 10. The maximum Gasteiger partial charge on any atom is 0.304 e. The van der Waals surface area contributed by atoms with Crippen LogP contribution in [0.3, 0.4) is 0 Å². The number of carbonyl (C=O) groups excluding carboxylic acids is 6. The number of likely N-dealkylation sites (tertiary alicyclic amines) is 6. The van der Waals surface area contributed by atoms with Gasteiger partial charge in [-0.2, -0.15) is 0 Å². The molecule has 0 bridgehead atoms. The van der Waals surface area contributed by atoms with Crippen LogP contribution in [0.4, 0.5) is 0 Å². The maximum absolute atomic E-state index is 12.7. The Morgan fingerprint density at radius 1 is 0.318 bits per heavy atom. The monoisotopic (exact) mass is 2110 g/mol. The van der Waals surface area contributed by atoms with Crippen LogP contribution in [0.15, 0.2) is 10.2 Å². The molecule has 0 aliphatic carbocycles. The van der Waals surface area contributed by atoms with Crippen molar-refractivity contribution in [1.29, 1.82) is 0 Å². The second kappa shape index (κ2) is 62.3. The van der Waals surface area contributed by atoms with Crippen LogP contribution < -0.4 is 42.1 Å². The number of nitrogens with zero attached hydrogens (tertiary/aromatic N) is 6. The van der Waals surface area contributed by atoms with E-state index in [0.717, 1.165) is 161 Å². The largest absolute Gasteiger partial charge is 0.389 e. The first-order chi connectivity index (χ1) is 66.2. The number of nitrogens with one attached hydrogen (secondary N) is 8. The number of unbranched alkanes of at least 4 members (excludes halogenated alkanes) is 7. The van der Waals surface area contributed by atoms with E-state index < -0.39 is 5.60 Å². The molecule has 0 spiro atoms. The number of carbonyl (C=O) groups is 6. The van der Waals surface area contributed by atoms with Crippen LogP contribution in [0.2, 0.25) is 0 Å². The van der Waals surface area contributed by atoms with Gasteiger partial charge in [0.25, 0.3) is 0 Å². The van der Waals surface area contributed by atoms with Crippen LogP contribution in [0, 0.1) is 55.2 Å². The standard InChI is InChI=1S/C19H38N2O.C18H36N2O2.2C18H36N2O.C17H34N2O2.C17H34N2O.C16H30N2OS.CH4/c1-17(2,3)12-10-9-11-15(20-18(4,5)6)16(22)21-13-19(7,8)14-21;1-16(2,3)11-9-8-10-14(19-17(4,5)6)15(21)20-12-18(7,22)13-20;2*1-14-12-20(13-14)16(21)15(19-18(5,6)7)10-8-9-11-17(2,3)4;1-16(2,3)10-8-7-9-14(18-17(4,5)6)15(21)19-11-13(20)12-19;1-16(2,3)11-8-7-10-14(18-17(4,5)6)15(20)19-12-9-13-19;1-15(2,3)10-8-7-9-12(18-16(4,5)6)13-11-20-14(19)17-13;/h15,20H,9-14H2,1-8H3;14,19,22H,8-13H2,1-7H3;2*14-15,19H,8-13H2,1-7H3;13-14,18,20H,7-12H2,1-6H3;14,18H,7-13H2,1-6H3;11-12,18H,7-10H2,1-6H3,(H,17,19);1H4. The van der Waals surface area contributed by atoms with Gasteiger partial charge in [-0.1, -0.05) is 282 Å². The third kappa shape index (κ3) is 71.9. The van der Waals surface area contributed by atoms with Crippen molar-refractivity contribution in [2.75, 3.05) is 78.5 Å². The Labute approximate surface area is 918 Å². The van der Waals surface area contributed by atoms with E-state index in [1.54, 1.807) is 16.7 Å². The van der Waals surface area contributed by atoms with Crippen molar-refractivity contribution in [3.63, 3.8) is 0 Å². The van der Waals surface area contributed by atoms with Gasteiger partial charge in [-0.05, 0) is 304 Å². The second-order valence-electron chi connectivity index (χ2n) is 62.7. The molecule has 6 aliphatic rings. The highest BCUT2D eigenvalue weighted by atomic mass is 32.1. The molecule has 0 saturated carbocycles. The number of β-amino-alcohol motifs (C(OH)–C–C–N with tert-alkyl or cyclic N) is 2. The third-order valence-electron chi connectivity index (χ3n) is 26.7. The molecule has 1 aromatic rings. The third-order valence-corrected chi connectivity index (χ3v) is 27.3. The topological polar surface area (TPSA) is 279 Å². The average molecular weight is 2110 g/mol. The van der Waals surface area contributed by atoms with E-state index in [4.69, 9.17) is 0 Å². The van der Waals surface area contributed by atoms with Gasteiger partial charge in [0, 0.05) is 121 Å². The molecule has 24 heteroatoms. The molecule has 10 N–H and O–H groups in total. The zero-order chi connectivity index (χ0) is 114. The van der Waals surface area contributed by atoms with Crippen LogP contribution in [-0.2, 0) is 28.8 Å². The van der Waals surface area contributed by atoms with E-state index in [-0.39, 0.29) is 111 Å². The molecule has 6 amide bonds. The lowest BCUT2D eigenvalue weighted by Gasteiger charge is -2.47. The minimum Gasteiger partial charge on any atom is -0.389 e. The zero-order valence-corrected chi connectivity index (χ0v) is 106. The normalized spacial score (nSPS) is 18.1. The first-order valence-electron chi connectivity index (χ1n) is 58.4. The van der Waals surface area contributed by atoms with Gasteiger partial charge in [-0.15, -0.1) is 0 Å². The molecular formula is C124H248N14O9S. The van der Waals surface area contributed by atoms with E-state index in [1.165, 1.54) is 94.8 Å². The van der Waals surface area contributed by atoms with Gasteiger partial charge in [0.1, 0.15) is 0 Å². The van der Waals surface area contributed by atoms with Crippen LogP contribution in [0.1, 0.15) is 531 Å². The predicted molar refractivity (Wildman–Crippen MR) is 636 cm³/mol. The molecule has 6 saturated heterocycles. The van der Waals surface area contributed by atoms with Crippen LogP contribution >= 0.6 is 11.3 Å². The molecule has 6 aliphatic heterocycles. The lowest BCUT2D eigenvalue weighted by molar-refractivity contribution is -0.155. The van der Waals surface area contributed by atoms with Crippen molar-refractivity contribution in [3.8, 4) is 0 Å². The smallest absolute Gasteiger partial charge is 0.304 e. The SMILES string of the molecule is C.CC(C)(C)CCCCC(NC(C)(C)C)C(=O)N1CC(C)(C)C1.CC(C)(C)CCCCC(NC(C)(C)C)C(=O)N1CC(C)(O)C1.CC(C)(C)CCCCC(NC(C)(C)C)C(=O)N1CC(O)C1.CC(C)(C)CCCCC(NC(C)(C)C)C(=O)N1CCC1.CC(C)(C)CCCCC(NC(C)(C)C)c1csc(=O)[nH]1.CC1CN(C(=O)C(CCCCC(C)(C)C)NC(C)(C)C)C1.CC1CN(C(=O)C(CCCCC(C)(C)C)NC(C)(C)C)C1. The Morgan fingerprint density at radius 2 is 0.520 bits per heavy atom. The van der Waals surface area contributed by atoms with Crippen molar-refractivity contribution in [3.05, 3.63) is 20.7 Å². The summed E-state index contributed by atoms with van der Waals surface area (Å²) in [6, 6.07) is -0.0938. The number of aliphatic hydroxyl groups excluding tert-OH is 1. The molecule has 23 nitrogen and oxygen atoms in total. The Bertz CT molecular complexity index is 3670. The Kier molecular flexibility index (Phi) is 60.6. The quantitative estimate of drug-likeness (QED) is 0.0272. The van der Waals surface area contributed by atoms with E-state index >= 15 is 0 Å². The Morgan fingerprint density at radius 3 is 0.689 bits per heavy atom. The minimum atomic E-state index is -0.700. The van der Waals surface area contributed by atoms with Crippen molar-refractivity contribution in [2.45, 2.75) is 612 Å². The van der Waals surface area contributed by atoms with E-state index in [2.05, 4.69) is 361 Å². The number of amides is 6. The van der Waals surface area contributed by atoms with Gasteiger partial charge >= 0.3 is 4.87 Å². The highest BCUT2D eigenvalue weighted by Crippen LogP contribution is 2.35. The summed E-state index contributed by atoms with van der Waals surface area (Å²) in [6.07, 6.45) is 32.1. The molecule has 874 valence electrons. The van der Waals surface area contributed by atoms with Crippen molar-refractivity contribution in [1.82, 2.24) is 71.6 Å². The molecule has 1 aromatic heterocycles. The Balaban J connectivity index is 0.00000170. The van der Waals surface area contributed by atoms with Crippen molar-refractivity contribution < 1.29 is 39.0 Å². The van der Waals surface area contributed by atoms with E-state index in [0.29, 0.717) is 105 Å². The van der Waals surface area contributed by atoms with Crippen LogP contribution in [0.25, 0.3) is 0 Å². The lowest BCUT2D eigenvalue weighted by atomic mass is 9.83. The first kappa shape index (κ1) is 144. The van der Waals surface area contributed by atoms with Gasteiger partial charge in [-0.3, -0.25) is 33.6 Å². The first-order valence-corrected chi connectivity index (χ1v) is 59.3. The number of hydrogen-bond acceptors (Lipinski definition) is 17. The van der Waals surface area contributed by atoms with E-state index in [1.807, 2.05) is 25.0 Å². The molecule has 7 rings (SSSR count). The maximum atomic E-state index is 12.7. The number of aromatic amines is 1. The highest BCUT2D eigenvalue weighted by Gasteiger charge is 2.45. The fraction of sp³-hybridized carbons (Fsp3) is 0.927. The summed E-state index contributed by atoms with van der Waals surface area (Å²) in [7, 11) is 0. The number of aromatic nitrogens is 1. The second-order valence-corrected chi connectivity index (χ2v) is 63.5. The summed E-state index contributed by atoms with van der Waals surface area (Å²) in [4.78, 5) is 101.